The number of carbonyl (C=O) groups excluding carboxylic acids is 1. The minimum atomic E-state index is -0.00607. The van der Waals surface area contributed by atoms with Crippen molar-refractivity contribution in [2.45, 2.75) is 6.92 Å². The van der Waals surface area contributed by atoms with E-state index >= 15 is 0 Å². The molecule has 0 unspecified atom stereocenters. The Morgan fingerprint density at radius 3 is 3.06 bits per heavy atom. The molecule has 0 atom stereocenters. The summed E-state index contributed by atoms with van der Waals surface area (Å²) in [6, 6.07) is 1.86. The van der Waals surface area contributed by atoms with E-state index in [2.05, 4.69) is 10.3 Å². The number of thiocarbonyl (C=S) groups is 1. The zero-order chi connectivity index (χ0) is 12.4. The number of nitrogens with two attached hydrogens (primary N) is 1. The predicted octanol–water partition coefficient (Wildman–Crippen LogP) is -0.0396. The molecule has 6 heteroatoms. The Balaban J connectivity index is 2.40. The van der Waals surface area contributed by atoms with Crippen LogP contribution in [0.2, 0.25) is 0 Å². The molecule has 1 saturated heterocycles. The number of piperazine rings is 1. The summed E-state index contributed by atoms with van der Waals surface area (Å²) in [6.07, 6.45) is 1.71. The maximum Gasteiger partial charge on any atom is 0.239 e. The molecule has 0 aliphatic carbocycles. The average molecular weight is 250 g/mol. The van der Waals surface area contributed by atoms with Gasteiger partial charge in [0.1, 0.15) is 10.8 Å². The van der Waals surface area contributed by atoms with E-state index in [1.54, 1.807) is 6.20 Å². The smallest absolute Gasteiger partial charge is 0.239 e. The lowest BCUT2D eigenvalue weighted by molar-refractivity contribution is -0.120. The van der Waals surface area contributed by atoms with E-state index in [1.807, 2.05) is 17.9 Å². The predicted molar refractivity (Wildman–Crippen MR) is 70.1 cm³/mol. The number of nitrogens with zero attached hydrogens (tertiary/aromatic N) is 2. The molecular formula is C11H14N4OS. The molecule has 5 nitrogen and oxygen atoms in total. The standard InChI is InChI=1S/C11H14N4OS/c1-7-2-3-14-11(9(7)10(12)17)15-5-4-13-8(16)6-15/h2-3H,4-6H2,1H3,(H2,12,17)(H,13,16). The molecule has 0 aromatic carbocycles. The molecule has 0 radical (unpaired) electrons. The first-order valence-electron chi connectivity index (χ1n) is 5.36. The molecule has 1 aliphatic heterocycles. The van der Waals surface area contributed by atoms with Gasteiger partial charge in [-0.05, 0) is 18.6 Å². The normalized spacial score (nSPS) is 15.6. The summed E-state index contributed by atoms with van der Waals surface area (Å²) in [4.78, 5) is 17.9. The van der Waals surface area contributed by atoms with Crippen LogP contribution in [0.5, 0.6) is 0 Å². The van der Waals surface area contributed by atoms with Crippen molar-refractivity contribution >= 4 is 28.9 Å². The molecule has 0 saturated carbocycles. The zero-order valence-corrected chi connectivity index (χ0v) is 10.4. The van der Waals surface area contributed by atoms with Gasteiger partial charge in [-0.3, -0.25) is 4.79 Å². The minimum Gasteiger partial charge on any atom is -0.389 e. The number of aryl methyl sites for hydroxylation is 1. The summed E-state index contributed by atoms with van der Waals surface area (Å²) in [5, 5.41) is 2.77. The number of rotatable bonds is 2. The monoisotopic (exact) mass is 250 g/mol. The highest BCUT2D eigenvalue weighted by atomic mass is 32.1. The van der Waals surface area contributed by atoms with E-state index < -0.39 is 0 Å². The van der Waals surface area contributed by atoms with Crippen LogP contribution in [-0.2, 0) is 4.79 Å². The molecule has 1 aromatic rings. The van der Waals surface area contributed by atoms with Crippen LogP contribution in [0.15, 0.2) is 12.3 Å². The Morgan fingerprint density at radius 1 is 1.65 bits per heavy atom. The van der Waals surface area contributed by atoms with Crippen molar-refractivity contribution < 1.29 is 4.79 Å². The fourth-order valence-electron chi connectivity index (χ4n) is 1.91. The highest BCUT2D eigenvalue weighted by Gasteiger charge is 2.21. The first-order valence-corrected chi connectivity index (χ1v) is 5.77. The summed E-state index contributed by atoms with van der Waals surface area (Å²) in [5.74, 6) is 0.695. The lowest BCUT2D eigenvalue weighted by Crippen LogP contribution is -2.48. The third kappa shape index (κ3) is 2.36. The van der Waals surface area contributed by atoms with Gasteiger partial charge in [0.25, 0.3) is 0 Å². The van der Waals surface area contributed by atoms with E-state index in [-0.39, 0.29) is 5.91 Å². The quantitative estimate of drug-likeness (QED) is 0.721. The summed E-state index contributed by atoms with van der Waals surface area (Å²) < 4.78 is 0. The van der Waals surface area contributed by atoms with Crippen molar-refractivity contribution in [3.8, 4) is 0 Å². The largest absolute Gasteiger partial charge is 0.389 e. The highest BCUT2D eigenvalue weighted by Crippen LogP contribution is 2.21. The molecular weight excluding hydrogens is 236 g/mol. The van der Waals surface area contributed by atoms with E-state index in [0.717, 1.165) is 17.7 Å². The van der Waals surface area contributed by atoms with Gasteiger partial charge in [0.15, 0.2) is 0 Å². The van der Waals surface area contributed by atoms with E-state index in [0.29, 0.717) is 23.9 Å². The van der Waals surface area contributed by atoms with Crippen LogP contribution in [0.25, 0.3) is 0 Å². The number of hydrogen-bond donors (Lipinski definition) is 2. The first-order chi connectivity index (χ1) is 8.09. The third-order valence-corrected chi connectivity index (χ3v) is 2.93. The second-order valence-corrected chi connectivity index (χ2v) is 4.40. The molecule has 90 valence electrons. The molecule has 1 amide bonds. The number of aromatic nitrogens is 1. The number of carbonyl (C=O) groups is 1. The lowest BCUT2D eigenvalue weighted by atomic mass is 10.1. The second kappa shape index (κ2) is 4.67. The van der Waals surface area contributed by atoms with E-state index in [9.17, 15) is 4.79 Å². The Morgan fingerprint density at radius 2 is 2.41 bits per heavy atom. The van der Waals surface area contributed by atoms with Crippen molar-refractivity contribution in [2.75, 3.05) is 24.5 Å². The Bertz CT molecular complexity index is 475. The summed E-state index contributed by atoms with van der Waals surface area (Å²) in [7, 11) is 0. The number of hydrogen-bond acceptors (Lipinski definition) is 4. The molecule has 1 fully saturated rings. The molecule has 2 rings (SSSR count). The van der Waals surface area contributed by atoms with Gasteiger partial charge in [-0.1, -0.05) is 12.2 Å². The van der Waals surface area contributed by atoms with Gasteiger partial charge in [-0.15, -0.1) is 0 Å². The van der Waals surface area contributed by atoms with Crippen LogP contribution in [0, 0.1) is 6.92 Å². The lowest BCUT2D eigenvalue weighted by Gasteiger charge is -2.29. The molecule has 17 heavy (non-hydrogen) atoms. The Kier molecular flexibility index (Phi) is 3.23. The van der Waals surface area contributed by atoms with Gasteiger partial charge in [0, 0.05) is 19.3 Å². The minimum absolute atomic E-state index is 0.00607. The molecule has 3 N–H and O–H groups in total. The Labute approximate surface area is 105 Å². The number of anilines is 1. The first kappa shape index (κ1) is 11.8. The van der Waals surface area contributed by atoms with Gasteiger partial charge < -0.3 is 16.0 Å². The van der Waals surface area contributed by atoms with Crippen LogP contribution < -0.4 is 16.0 Å². The van der Waals surface area contributed by atoms with Crippen LogP contribution in [0.3, 0.4) is 0 Å². The van der Waals surface area contributed by atoms with Crippen molar-refractivity contribution in [2.24, 2.45) is 5.73 Å². The van der Waals surface area contributed by atoms with Crippen LogP contribution in [0.4, 0.5) is 5.82 Å². The van der Waals surface area contributed by atoms with Gasteiger partial charge in [0.2, 0.25) is 5.91 Å². The number of nitrogens with one attached hydrogen (secondary N) is 1. The fraction of sp³-hybridized carbons (Fsp3) is 0.364. The molecule has 1 aromatic heterocycles. The van der Waals surface area contributed by atoms with Crippen LogP contribution in [-0.4, -0.2) is 35.5 Å². The number of amides is 1. The van der Waals surface area contributed by atoms with Crippen molar-refractivity contribution in [1.82, 2.24) is 10.3 Å². The topological polar surface area (TPSA) is 71.2 Å². The zero-order valence-electron chi connectivity index (χ0n) is 9.56. The maximum atomic E-state index is 11.4. The maximum absolute atomic E-state index is 11.4. The van der Waals surface area contributed by atoms with Crippen molar-refractivity contribution in [1.29, 1.82) is 0 Å². The fourth-order valence-corrected chi connectivity index (χ4v) is 2.16. The molecule has 0 bridgehead atoms. The molecule has 1 aliphatic rings. The summed E-state index contributed by atoms with van der Waals surface area (Å²) in [6.45, 7) is 3.57. The number of pyridine rings is 1. The SMILES string of the molecule is Cc1ccnc(N2CCNC(=O)C2)c1C(N)=S. The van der Waals surface area contributed by atoms with Gasteiger partial charge in [-0.2, -0.15) is 0 Å². The highest BCUT2D eigenvalue weighted by molar-refractivity contribution is 7.80. The van der Waals surface area contributed by atoms with Gasteiger partial charge >= 0.3 is 0 Å². The summed E-state index contributed by atoms with van der Waals surface area (Å²) in [5.41, 5.74) is 7.46. The van der Waals surface area contributed by atoms with Gasteiger partial charge in [-0.25, -0.2) is 4.98 Å². The molecule has 0 spiro atoms. The second-order valence-electron chi connectivity index (χ2n) is 3.96. The van der Waals surface area contributed by atoms with E-state index in [1.165, 1.54) is 0 Å². The van der Waals surface area contributed by atoms with E-state index in [4.69, 9.17) is 18.0 Å². The van der Waals surface area contributed by atoms with Crippen molar-refractivity contribution in [3.63, 3.8) is 0 Å². The van der Waals surface area contributed by atoms with Crippen LogP contribution in [0.1, 0.15) is 11.1 Å². The van der Waals surface area contributed by atoms with Crippen LogP contribution >= 0.6 is 12.2 Å². The average Bonchev–Trinajstić information content (AvgIpc) is 2.28. The third-order valence-electron chi connectivity index (χ3n) is 2.72. The van der Waals surface area contributed by atoms with Crippen molar-refractivity contribution in [3.05, 3.63) is 23.4 Å². The Hall–Kier alpha value is -1.69. The summed E-state index contributed by atoms with van der Waals surface area (Å²) >= 11 is 5.05. The molecule has 2 heterocycles. The van der Waals surface area contributed by atoms with Gasteiger partial charge in [0.05, 0.1) is 12.1 Å².